The van der Waals surface area contributed by atoms with Crippen molar-refractivity contribution in [2.75, 3.05) is 40.3 Å². The first-order valence-corrected chi connectivity index (χ1v) is 15.2. The number of carbonyl (C=O) groups is 1. The van der Waals surface area contributed by atoms with Crippen LogP contribution >= 0.6 is 0 Å². The van der Waals surface area contributed by atoms with E-state index in [2.05, 4.69) is 60.4 Å². The number of rotatable bonds is 9. The lowest BCUT2D eigenvalue weighted by molar-refractivity contribution is -0.142. The molecule has 2 aliphatic carbocycles. The van der Waals surface area contributed by atoms with Crippen LogP contribution in [0.15, 0.2) is 0 Å². The highest BCUT2D eigenvalue weighted by Crippen LogP contribution is 2.41. The van der Waals surface area contributed by atoms with Gasteiger partial charge < -0.3 is 15.5 Å². The number of nitrogens with one attached hydrogen (secondary N) is 2. The molecule has 0 aromatic carbocycles. The van der Waals surface area contributed by atoms with Crippen LogP contribution in [0.4, 0.5) is 0 Å². The van der Waals surface area contributed by atoms with Gasteiger partial charge >= 0.3 is 0 Å². The lowest BCUT2D eigenvalue weighted by Gasteiger charge is -2.47. The molecule has 2 saturated heterocycles. The lowest BCUT2D eigenvalue weighted by atomic mass is 9.71. The maximum atomic E-state index is 14.1. The van der Waals surface area contributed by atoms with E-state index in [1.54, 1.807) is 0 Å². The van der Waals surface area contributed by atoms with Gasteiger partial charge in [0.1, 0.15) is 0 Å². The van der Waals surface area contributed by atoms with Gasteiger partial charge in [-0.15, -0.1) is 0 Å². The first-order valence-electron chi connectivity index (χ1n) is 15.2. The number of nitrogens with two attached hydrogens (primary N) is 1. The Kier molecular flexibility index (Phi) is 10.1. The zero-order valence-electron chi connectivity index (χ0n) is 23.9. The van der Waals surface area contributed by atoms with Gasteiger partial charge in [0.15, 0.2) is 0 Å². The second kappa shape index (κ2) is 12.9. The quantitative estimate of drug-likeness (QED) is 0.447. The summed E-state index contributed by atoms with van der Waals surface area (Å²) in [6, 6.07) is 1.17. The van der Waals surface area contributed by atoms with Crippen molar-refractivity contribution in [1.29, 1.82) is 0 Å². The van der Waals surface area contributed by atoms with E-state index in [-0.39, 0.29) is 12.1 Å². The third-order valence-electron chi connectivity index (χ3n) is 10.3. The highest BCUT2D eigenvalue weighted by atomic mass is 16.2. The van der Waals surface area contributed by atoms with Gasteiger partial charge in [0.2, 0.25) is 5.91 Å². The molecule has 7 heteroatoms. The highest BCUT2D eigenvalue weighted by Gasteiger charge is 2.50. The Labute approximate surface area is 221 Å². The molecule has 0 bridgehead atoms. The van der Waals surface area contributed by atoms with Gasteiger partial charge in [0.05, 0.1) is 6.17 Å². The molecule has 6 unspecified atom stereocenters. The Morgan fingerprint density at radius 1 is 1.03 bits per heavy atom. The summed E-state index contributed by atoms with van der Waals surface area (Å²) >= 11 is 0. The maximum absolute atomic E-state index is 14.1. The van der Waals surface area contributed by atoms with E-state index in [4.69, 9.17) is 5.73 Å². The summed E-state index contributed by atoms with van der Waals surface area (Å²) in [5.41, 5.74) is 9.47. The average Bonchev–Trinajstić information content (AvgIpc) is 3.32. The molecule has 4 fully saturated rings. The number of hydrogen-bond acceptors (Lipinski definition) is 6. The zero-order chi connectivity index (χ0) is 25.8. The Hall–Kier alpha value is -0.730. The third-order valence-corrected chi connectivity index (χ3v) is 10.3. The van der Waals surface area contributed by atoms with Gasteiger partial charge in [-0.25, -0.2) is 5.01 Å². The van der Waals surface area contributed by atoms with Crippen molar-refractivity contribution in [2.45, 2.75) is 109 Å². The number of amides is 1. The van der Waals surface area contributed by atoms with Crippen LogP contribution in [0.5, 0.6) is 0 Å². The van der Waals surface area contributed by atoms with Crippen LogP contribution < -0.4 is 16.5 Å². The highest BCUT2D eigenvalue weighted by molar-refractivity contribution is 5.79. The normalized spacial score (nSPS) is 35.2. The van der Waals surface area contributed by atoms with E-state index in [1.165, 1.54) is 57.8 Å². The van der Waals surface area contributed by atoms with Crippen LogP contribution in [0, 0.1) is 29.6 Å². The van der Waals surface area contributed by atoms with Crippen molar-refractivity contribution in [1.82, 2.24) is 25.6 Å². The van der Waals surface area contributed by atoms with E-state index >= 15 is 0 Å². The minimum atomic E-state index is 0.105. The molecule has 4 N–H and O–H groups in total. The summed E-state index contributed by atoms with van der Waals surface area (Å²) in [6.07, 6.45) is 13.0. The monoisotopic (exact) mass is 504 g/mol. The number of nitrogens with zero attached hydrogens (tertiary/aromatic N) is 3. The predicted molar refractivity (Wildman–Crippen MR) is 148 cm³/mol. The molecule has 2 aliphatic heterocycles. The molecule has 1 amide bonds. The topological polar surface area (TPSA) is 76.9 Å². The third kappa shape index (κ3) is 6.45. The second-order valence-corrected chi connectivity index (χ2v) is 13.0. The standard InChI is InChI=1S/C29H56N6O/c1-20(2)35-28-26(18-31-35)25(29(36)34(5)21(3)23-11-7-6-8-12-23)17-27(32-28)24-13-9-10-22(16-24)19-33(4)15-14-30/h20-28,31-32H,6-19,30H2,1-5H3/t21-,22?,24?,25?,26?,27?,28?/m0/s1. The fraction of sp³-hybridized carbons (Fsp3) is 0.966. The molecule has 0 radical (unpaired) electrons. The first-order chi connectivity index (χ1) is 17.3. The summed E-state index contributed by atoms with van der Waals surface area (Å²) < 4.78 is 0. The molecule has 0 aromatic heterocycles. The summed E-state index contributed by atoms with van der Waals surface area (Å²) in [7, 11) is 4.31. The molecule has 4 aliphatic rings. The second-order valence-electron chi connectivity index (χ2n) is 13.0. The van der Waals surface area contributed by atoms with E-state index in [9.17, 15) is 4.79 Å². The lowest BCUT2D eigenvalue weighted by Crippen LogP contribution is -2.62. The van der Waals surface area contributed by atoms with E-state index in [1.807, 2.05) is 0 Å². The van der Waals surface area contributed by atoms with Crippen LogP contribution in [0.25, 0.3) is 0 Å². The van der Waals surface area contributed by atoms with Crippen LogP contribution in [0.1, 0.15) is 85.0 Å². The molecule has 7 atom stereocenters. The van der Waals surface area contributed by atoms with Gasteiger partial charge in [-0.05, 0) is 84.1 Å². The first kappa shape index (κ1) is 28.3. The number of likely N-dealkylation sites (N-methyl/N-ethyl adjacent to an activating group) is 1. The van der Waals surface area contributed by atoms with E-state index in [0.29, 0.717) is 41.8 Å². The van der Waals surface area contributed by atoms with Gasteiger partial charge in [0, 0.05) is 63.2 Å². The van der Waals surface area contributed by atoms with Crippen molar-refractivity contribution in [3.8, 4) is 0 Å². The van der Waals surface area contributed by atoms with Crippen LogP contribution in [0.3, 0.4) is 0 Å². The largest absolute Gasteiger partial charge is 0.343 e. The van der Waals surface area contributed by atoms with Gasteiger partial charge in [0.25, 0.3) is 0 Å². The van der Waals surface area contributed by atoms with Crippen LogP contribution in [0.2, 0.25) is 0 Å². The zero-order valence-corrected chi connectivity index (χ0v) is 23.9. The predicted octanol–water partition coefficient (Wildman–Crippen LogP) is 3.26. The van der Waals surface area contributed by atoms with E-state index in [0.717, 1.165) is 38.5 Å². The number of fused-ring (bicyclic) bond motifs is 1. The smallest absolute Gasteiger partial charge is 0.226 e. The summed E-state index contributed by atoms with van der Waals surface area (Å²) in [5.74, 6) is 2.91. The molecule has 36 heavy (non-hydrogen) atoms. The summed E-state index contributed by atoms with van der Waals surface area (Å²) in [5, 5.41) is 6.49. The molecule has 208 valence electrons. The number of hydrogen-bond donors (Lipinski definition) is 3. The molecular formula is C29H56N6O. The Balaban J connectivity index is 1.47. The van der Waals surface area contributed by atoms with E-state index < -0.39 is 0 Å². The minimum absolute atomic E-state index is 0.105. The fourth-order valence-corrected chi connectivity index (χ4v) is 8.06. The molecule has 7 nitrogen and oxygen atoms in total. The summed E-state index contributed by atoms with van der Waals surface area (Å²) in [6.45, 7) is 10.6. The SMILES string of the molecule is CC(C)N1NCC2C(C(=O)N(C)[C@@H](C)C3CCCCC3)CC(C3CCCC(CN(C)CCN)C3)NC21. The van der Waals surface area contributed by atoms with Crippen molar-refractivity contribution in [3.05, 3.63) is 0 Å². The van der Waals surface area contributed by atoms with Crippen molar-refractivity contribution >= 4 is 5.91 Å². The molecule has 4 rings (SSSR count). The maximum Gasteiger partial charge on any atom is 0.226 e. The van der Waals surface area contributed by atoms with Gasteiger partial charge in [-0.2, -0.15) is 0 Å². The number of carbonyl (C=O) groups excluding carboxylic acids is 1. The number of hydrazine groups is 1. The van der Waals surface area contributed by atoms with Gasteiger partial charge in [-0.1, -0.05) is 25.7 Å². The summed E-state index contributed by atoms with van der Waals surface area (Å²) in [4.78, 5) is 18.7. The van der Waals surface area contributed by atoms with Crippen molar-refractivity contribution in [2.24, 2.45) is 35.3 Å². The van der Waals surface area contributed by atoms with Crippen molar-refractivity contribution in [3.63, 3.8) is 0 Å². The molecule has 2 heterocycles. The number of piperidine rings is 1. The van der Waals surface area contributed by atoms with Gasteiger partial charge in [-0.3, -0.25) is 15.5 Å². The minimum Gasteiger partial charge on any atom is -0.343 e. The fourth-order valence-electron chi connectivity index (χ4n) is 8.06. The molecular weight excluding hydrogens is 448 g/mol. The van der Waals surface area contributed by atoms with Crippen molar-refractivity contribution < 1.29 is 4.79 Å². The average molecular weight is 505 g/mol. The van der Waals surface area contributed by atoms with Crippen LogP contribution in [-0.2, 0) is 4.79 Å². The Bertz CT molecular complexity index is 697. The Morgan fingerprint density at radius 3 is 2.47 bits per heavy atom. The van der Waals surface area contributed by atoms with Crippen LogP contribution in [-0.4, -0.2) is 85.3 Å². The Morgan fingerprint density at radius 2 is 1.78 bits per heavy atom. The molecule has 2 saturated carbocycles. The molecule has 0 spiro atoms. The molecule has 0 aromatic rings.